The van der Waals surface area contributed by atoms with E-state index in [-0.39, 0.29) is 18.3 Å². The quantitative estimate of drug-likeness (QED) is 0.264. The molecule has 0 spiro atoms. The maximum absolute atomic E-state index is 6.36. The van der Waals surface area contributed by atoms with Crippen molar-refractivity contribution in [3.05, 3.63) is 105 Å². The van der Waals surface area contributed by atoms with E-state index >= 15 is 0 Å². The number of rotatable bonds is 6. The lowest BCUT2D eigenvalue weighted by Gasteiger charge is -2.32. The van der Waals surface area contributed by atoms with Crippen LogP contribution in [-0.2, 0) is 12.8 Å². The molecule has 1 aromatic heterocycles. The molecule has 6 rings (SSSR count). The average molecular weight is 581 g/mol. The number of anilines is 2. The zero-order valence-electron chi connectivity index (χ0n) is 21.9. The van der Waals surface area contributed by atoms with E-state index in [1.165, 1.54) is 11.1 Å². The summed E-state index contributed by atoms with van der Waals surface area (Å²) in [5.74, 6) is 0.783. The van der Waals surface area contributed by atoms with E-state index in [2.05, 4.69) is 81.7 Å². The van der Waals surface area contributed by atoms with Gasteiger partial charge >= 0.3 is 0 Å². The second-order valence-electron chi connectivity index (χ2n) is 10.3. The summed E-state index contributed by atoms with van der Waals surface area (Å²) in [4.78, 5) is 14.6. The first-order valence-corrected chi connectivity index (χ1v) is 14.0. The van der Waals surface area contributed by atoms with Gasteiger partial charge in [-0.1, -0.05) is 65.7 Å². The van der Waals surface area contributed by atoms with Crippen molar-refractivity contribution in [2.24, 2.45) is 0 Å². The van der Waals surface area contributed by atoms with Crippen LogP contribution in [0.3, 0.4) is 0 Å². The number of hydrogen-bond acceptors (Lipinski definition) is 5. The molecular weight excluding hydrogens is 549 g/mol. The number of nitrogens with zero attached hydrogens (tertiary/aromatic N) is 4. The molecule has 5 nitrogen and oxygen atoms in total. The first-order chi connectivity index (χ1) is 18.5. The van der Waals surface area contributed by atoms with E-state index in [1.54, 1.807) is 0 Å². The Hall–Kier alpha value is -2.67. The van der Waals surface area contributed by atoms with Gasteiger partial charge in [0.25, 0.3) is 0 Å². The van der Waals surface area contributed by atoms with Crippen molar-refractivity contribution < 1.29 is 0 Å². The fourth-order valence-corrected chi connectivity index (χ4v) is 5.77. The zero-order valence-corrected chi connectivity index (χ0v) is 24.2. The fourth-order valence-electron chi connectivity index (χ4n) is 5.47. The summed E-state index contributed by atoms with van der Waals surface area (Å²) in [6, 6.07) is 23.0. The molecule has 0 saturated carbocycles. The Kier molecular flexibility index (Phi) is 8.75. The third-order valence-corrected chi connectivity index (χ3v) is 8.49. The van der Waals surface area contributed by atoms with Gasteiger partial charge in [-0.25, -0.2) is 9.97 Å². The Balaban J connectivity index is 0.00000308. The first kappa shape index (κ1) is 27.9. The minimum atomic E-state index is 0. The lowest BCUT2D eigenvalue weighted by Crippen LogP contribution is -2.45. The van der Waals surface area contributed by atoms with E-state index in [1.807, 2.05) is 18.3 Å². The van der Waals surface area contributed by atoms with Crippen LogP contribution in [0.15, 0.2) is 72.9 Å². The minimum Gasteiger partial charge on any atom is -0.324 e. The summed E-state index contributed by atoms with van der Waals surface area (Å²) in [5, 5.41) is 4.56. The molecule has 1 aliphatic carbocycles. The van der Waals surface area contributed by atoms with E-state index < -0.39 is 0 Å². The summed E-state index contributed by atoms with van der Waals surface area (Å²) < 4.78 is 0. The highest BCUT2D eigenvalue weighted by molar-refractivity contribution is 6.42. The molecular formula is C31H32Cl3N5. The normalized spacial score (nSPS) is 17.2. The van der Waals surface area contributed by atoms with Crippen LogP contribution in [0, 0.1) is 0 Å². The maximum Gasteiger partial charge on any atom is 0.227 e. The summed E-state index contributed by atoms with van der Waals surface area (Å²) in [6.45, 7) is 5.73. The van der Waals surface area contributed by atoms with Crippen LogP contribution in [0.5, 0.6) is 0 Å². The zero-order chi connectivity index (χ0) is 26.1. The van der Waals surface area contributed by atoms with Gasteiger partial charge in [-0.15, -0.1) is 12.4 Å². The highest BCUT2D eigenvalue weighted by Crippen LogP contribution is 2.43. The fraction of sp³-hybridized carbons (Fsp3) is 0.290. The third kappa shape index (κ3) is 6.24. The second kappa shape index (κ2) is 12.2. The van der Waals surface area contributed by atoms with Crippen LogP contribution in [0.25, 0.3) is 11.3 Å². The summed E-state index contributed by atoms with van der Waals surface area (Å²) in [6.07, 6.45) is 3.83. The lowest BCUT2D eigenvalue weighted by molar-refractivity contribution is 0.155. The molecule has 1 saturated heterocycles. The first-order valence-electron chi connectivity index (χ1n) is 13.2. The molecule has 0 radical (unpaired) electrons. The average Bonchev–Trinajstić information content (AvgIpc) is 2.95. The second-order valence-corrected chi connectivity index (χ2v) is 11.1. The van der Waals surface area contributed by atoms with Gasteiger partial charge in [0.1, 0.15) is 0 Å². The molecule has 1 fully saturated rings. The van der Waals surface area contributed by atoms with Gasteiger partial charge in [0, 0.05) is 56.1 Å². The molecule has 0 amide bonds. The summed E-state index contributed by atoms with van der Waals surface area (Å²) in [7, 11) is 2.20. The van der Waals surface area contributed by atoms with Gasteiger partial charge in [-0.3, -0.25) is 0 Å². The standard InChI is InChI=1S/C31H31Cl2N5.ClH/c1-37-14-16-38(17-15-37)13-12-21-6-9-24(10-7-21)35-31-34-20-23-18-27(22-8-11-28(32)29(33)19-22)25-4-2-3-5-26(25)30(23)36-31;/h2-11,19-20,27H,12-18H2,1H3,(H,34,35,36);1H. The van der Waals surface area contributed by atoms with Crippen molar-refractivity contribution in [3.63, 3.8) is 0 Å². The van der Waals surface area contributed by atoms with Crippen LogP contribution >= 0.6 is 35.6 Å². The van der Waals surface area contributed by atoms with Crippen LogP contribution in [0.4, 0.5) is 11.6 Å². The molecule has 0 bridgehead atoms. The van der Waals surface area contributed by atoms with Crippen LogP contribution < -0.4 is 5.32 Å². The predicted molar refractivity (Wildman–Crippen MR) is 164 cm³/mol. The topological polar surface area (TPSA) is 44.3 Å². The molecule has 1 aliphatic heterocycles. The van der Waals surface area contributed by atoms with Crippen molar-refractivity contribution in [1.82, 2.24) is 19.8 Å². The van der Waals surface area contributed by atoms with Gasteiger partial charge in [0.2, 0.25) is 5.95 Å². The number of hydrogen-bond donors (Lipinski definition) is 1. The van der Waals surface area contributed by atoms with Crippen molar-refractivity contribution in [3.8, 4) is 11.3 Å². The van der Waals surface area contributed by atoms with Crippen molar-refractivity contribution >= 4 is 47.2 Å². The number of piperazine rings is 1. The number of nitrogens with one attached hydrogen (secondary N) is 1. The molecule has 1 unspecified atom stereocenters. The number of likely N-dealkylation sites (N-methyl/N-ethyl adjacent to an activating group) is 1. The molecule has 202 valence electrons. The Bertz CT molecular complexity index is 1430. The van der Waals surface area contributed by atoms with Gasteiger partial charge < -0.3 is 15.1 Å². The molecule has 2 heterocycles. The highest BCUT2D eigenvalue weighted by atomic mass is 35.5. The minimum absolute atomic E-state index is 0. The lowest BCUT2D eigenvalue weighted by atomic mass is 9.78. The van der Waals surface area contributed by atoms with Gasteiger partial charge in [-0.05, 0) is 66.4 Å². The number of benzene rings is 3. The van der Waals surface area contributed by atoms with Crippen molar-refractivity contribution in [2.75, 3.05) is 45.1 Å². The van der Waals surface area contributed by atoms with E-state index in [0.29, 0.717) is 16.0 Å². The molecule has 4 aromatic rings. The molecule has 8 heteroatoms. The monoisotopic (exact) mass is 579 g/mol. The SMILES string of the molecule is CN1CCN(CCc2ccc(Nc3ncc4c(n3)-c3ccccc3C(c3ccc(Cl)c(Cl)c3)C4)cc2)CC1.Cl. The van der Waals surface area contributed by atoms with Crippen LogP contribution in [0.2, 0.25) is 10.0 Å². The third-order valence-electron chi connectivity index (χ3n) is 7.75. The smallest absolute Gasteiger partial charge is 0.227 e. The molecule has 39 heavy (non-hydrogen) atoms. The number of fused-ring (bicyclic) bond motifs is 3. The predicted octanol–water partition coefficient (Wildman–Crippen LogP) is 7.09. The summed E-state index contributed by atoms with van der Waals surface area (Å²) >= 11 is 12.5. The molecule has 3 aromatic carbocycles. The highest BCUT2D eigenvalue weighted by Gasteiger charge is 2.27. The van der Waals surface area contributed by atoms with Gasteiger partial charge in [0.15, 0.2) is 0 Å². The number of halogens is 3. The van der Waals surface area contributed by atoms with E-state index in [9.17, 15) is 0 Å². The Morgan fingerprint density at radius 1 is 0.923 bits per heavy atom. The van der Waals surface area contributed by atoms with Crippen LogP contribution in [-0.4, -0.2) is 59.5 Å². The Morgan fingerprint density at radius 2 is 1.69 bits per heavy atom. The van der Waals surface area contributed by atoms with Crippen LogP contribution in [0.1, 0.15) is 28.2 Å². The van der Waals surface area contributed by atoms with Crippen molar-refractivity contribution in [2.45, 2.75) is 18.8 Å². The molecule has 1 atom stereocenters. The number of aromatic nitrogens is 2. The van der Waals surface area contributed by atoms with Gasteiger partial charge in [-0.2, -0.15) is 0 Å². The Morgan fingerprint density at radius 3 is 2.46 bits per heavy atom. The largest absolute Gasteiger partial charge is 0.324 e. The van der Waals surface area contributed by atoms with E-state index in [0.717, 1.165) is 73.6 Å². The molecule has 2 aliphatic rings. The maximum atomic E-state index is 6.36. The van der Waals surface area contributed by atoms with E-state index in [4.69, 9.17) is 28.2 Å². The molecule has 1 N–H and O–H groups in total. The Labute approximate surface area is 246 Å². The van der Waals surface area contributed by atoms with Gasteiger partial charge in [0.05, 0.1) is 15.7 Å². The summed E-state index contributed by atoms with van der Waals surface area (Å²) in [5.41, 5.74) is 7.98. The van der Waals surface area contributed by atoms with Crippen molar-refractivity contribution in [1.29, 1.82) is 0 Å².